The van der Waals surface area contributed by atoms with E-state index in [0.717, 1.165) is 22.8 Å². The maximum Gasteiger partial charge on any atom is 0.171 e. The van der Waals surface area contributed by atoms with Crippen LogP contribution >= 0.6 is 23.8 Å². The SMILES string of the molecule is COc1cccc(NC(=S)N[C@H](c2ccc(Cl)cc2)c2nccn2C)c1. The van der Waals surface area contributed by atoms with Gasteiger partial charge in [-0.15, -0.1) is 0 Å². The van der Waals surface area contributed by atoms with E-state index in [1.54, 1.807) is 13.3 Å². The van der Waals surface area contributed by atoms with E-state index < -0.39 is 0 Å². The van der Waals surface area contributed by atoms with Crippen LogP contribution in [0.3, 0.4) is 0 Å². The Balaban J connectivity index is 1.82. The molecule has 0 saturated carbocycles. The fourth-order valence-corrected chi connectivity index (χ4v) is 2.97. The number of nitrogens with zero attached hydrogens (tertiary/aromatic N) is 2. The monoisotopic (exact) mass is 386 g/mol. The van der Waals surface area contributed by atoms with Gasteiger partial charge < -0.3 is 19.9 Å². The highest BCUT2D eigenvalue weighted by Crippen LogP contribution is 2.23. The largest absolute Gasteiger partial charge is 0.497 e. The summed E-state index contributed by atoms with van der Waals surface area (Å²) >= 11 is 11.5. The number of benzene rings is 2. The van der Waals surface area contributed by atoms with Crippen LogP contribution < -0.4 is 15.4 Å². The smallest absolute Gasteiger partial charge is 0.171 e. The van der Waals surface area contributed by atoms with Crippen molar-refractivity contribution in [1.82, 2.24) is 14.9 Å². The van der Waals surface area contributed by atoms with Crippen molar-refractivity contribution >= 4 is 34.6 Å². The Morgan fingerprint density at radius 3 is 2.65 bits per heavy atom. The highest BCUT2D eigenvalue weighted by atomic mass is 35.5. The second-order valence-corrected chi connectivity index (χ2v) is 6.56. The van der Waals surface area contributed by atoms with E-state index in [0.29, 0.717) is 10.1 Å². The molecule has 2 aromatic carbocycles. The van der Waals surface area contributed by atoms with E-state index >= 15 is 0 Å². The molecule has 1 heterocycles. The predicted molar refractivity (Wildman–Crippen MR) is 109 cm³/mol. The van der Waals surface area contributed by atoms with Crippen LogP contribution in [0.2, 0.25) is 5.02 Å². The normalized spacial score (nSPS) is 11.7. The summed E-state index contributed by atoms with van der Waals surface area (Å²) in [4.78, 5) is 4.46. The third-order valence-electron chi connectivity index (χ3n) is 3.92. The maximum absolute atomic E-state index is 6.02. The molecule has 26 heavy (non-hydrogen) atoms. The van der Waals surface area contributed by atoms with Gasteiger partial charge in [-0.25, -0.2) is 4.98 Å². The van der Waals surface area contributed by atoms with E-state index in [9.17, 15) is 0 Å². The average Bonchev–Trinajstić information content (AvgIpc) is 3.06. The Labute approximate surface area is 163 Å². The van der Waals surface area contributed by atoms with E-state index in [4.69, 9.17) is 28.6 Å². The van der Waals surface area contributed by atoms with Gasteiger partial charge in [-0.1, -0.05) is 29.8 Å². The van der Waals surface area contributed by atoms with Crippen molar-refractivity contribution in [1.29, 1.82) is 0 Å². The summed E-state index contributed by atoms with van der Waals surface area (Å²) in [7, 11) is 3.58. The number of aryl methyl sites for hydroxylation is 1. The molecule has 0 amide bonds. The molecule has 0 bridgehead atoms. The van der Waals surface area contributed by atoms with E-state index in [2.05, 4.69) is 15.6 Å². The molecule has 0 unspecified atom stereocenters. The highest BCUT2D eigenvalue weighted by Gasteiger charge is 2.19. The van der Waals surface area contributed by atoms with E-state index in [-0.39, 0.29) is 6.04 Å². The number of rotatable bonds is 5. The van der Waals surface area contributed by atoms with Gasteiger partial charge in [0, 0.05) is 36.2 Å². The van der Waals surface area contributed by atoms with Gasteiger partial charge in [0.25, 0.3) is 0 Å². The first-order chi connectivity index (χ1) is 12.6. The number of nitrogens with one attached hydrogen (secondary N) is 2. The maximum atomic E-state index is 6.02. The second kappa shape index (κ2) is 8.21. The van der Waals surface area contributed by atoms with E-state index in [1.807, 2.05) is 66.3 Å². The summed E-state index contributed by atoms with van der Waals surface area (Å²) in [6.07, 6.45) is 3.66. The number of halogens is 1. The Bertz CT molecular complexity index is 895. The first-order valence-corrected chi connectivity index (χ1v) is 8.79. The average molecular weight is 387 g/mol. The van der Waals surface area contributed by atoms with Crippen LogP contribution in [0.25, 0.3) is 0 Å². The molecule has 0 fully saturated rings. The van der Waals surface area contributed by atoms with Crippen LogP contribution in [0, 0.1) is 0 Å². The van der Waals surface area contributed by atoms with Gasteiger partial charge in [0.2, 0.25) is 0 Å². The Morgan fingerprint density at radius 1 is 1.23 bits per heavy atom. The van der Waals surface area contributed by atoms with Crippen LogP contribution in [-0.4, -0.2) is 21.8 Å². The molecule has 0 aliphatic carbocycles. The van der Waals surface area contributed by atoms with Crippen molar-refractivity contribution in [2.45, 2.75) is 6.04 Å². The number of anilines is 1. The number of hydrogen-bond acceptors (Lipinski definition) is 3. The molecule has 0 aliphatic rings. The molecule has 7 heteroatoms. The summed E-state index contributed by atoms with van der Waals surface area (Å²) in [5.41, 5.74) is 1.86. The van der Waals surface area contributed by atoms with E-state index in [1.165, 1.54) is 0 Å². The molecule has 134 valence electrons. The number of methoxy groups -OCH3 is 1. The summed E-state index contributed by atoms with van der Waals surface area (Å²) in [5, 5.41) is 7.69. The summed E-state index contributed by atoms with van der Waals surface area (Å²) in [6, 6.07) is 15.0. The third kappa shape index (κ3) is 4.33. The molecule has 3 aromatic rings. The van der Waals surface area contributed by atoms with Gasteiger partial charge in [0.15, 0.2) is 5.11 Å². The first-order valence-electron chi connectivity index (χ1n) is 8.01. The van der Waals surface area contributed by atoms with Crippen molar-refractivity contribution in [3.63, 3.8) is 0 Å². The molecule has 3 rings (SSSR count). The van der Waals surface area contributed by atoms with Crippen molar-refractivity contribution < 1.29 is 4.74 Å². The molecular weight excluding hydrogens is 368 g/mol. The standard InChI is InChI=1S/C19H19ClN4OS/c1-24-11-10-21-18(24)17(13-6-8-14(20)9-7-13)23-19(26)22-15-4-3-5-16(12-15)25-2/h3-12,17H,1-2H3,(H2,22,23,26)/t17-/m1/s1. The summed E-state index contributed by atoms with van der Waals surface area (Å²) in [6.45, 7) is 0. The lowest BCUT2D eigenvalue weighted by atomic mass is 10.1. The van der Waals surface area contributed by atoms with Crippen molar-refractivity contribution in [3.8, 4) is 5.75 Å². The minimum Gasteiger partial charge on any atom is -0.497 e. The highest BCUT2D eigenvalue weighted by molar-refractivity contribution is 7.80. The summed E-state index contributed by atoms with van der Waals surface area (Å²) < 4.78 is 7.20. The molecule has 0 saturated heterocycles. The van der Waals surface area contributed by atoms with Gasteiger partial charge in [0.1, 0.15) is 17.6 Å². The topological polar surface area (TPSA) is 51.1 Å². The second-order valence-electron chi connectivity index (χ2n) is 5.71. The minimum absolute atomic E-state index is 0.210. The Kier molecular flexibility index (Phi) is 5.75. The zero-order chi connectivity index (χ0) is 18.5. The van der Waals surface area contributed by atoms with Crippen molar-refractivity contribution in [2.75, 3.05) is 12.4 Å². The number of imidazole rings is 1. The zero-order valence-corrected chi connectivity index (χ0v) is 16.0. The van der Waals surface area contributed by atoms with Crippen LogP contribution in [0.4, 0.5) is 5.69 Å². The van der Waals surface area contributed by atoms with Crippen LogP contribution in [0.5, 0.6) is 5.75 Å². The summed E-state index contributed by atoms with van der Waals surface area (Å²) in [5.74, 6) is 1.61. The van der Waals surface area contributed by atoms with Crippen molar-refractivity contribution in [3.05, 3.63) is 77.3 Å². The number of aromatic nitrogens is 2. The molecule has 1 aromatic heterocycles. The molecule has 0 spiro atoms. The molecule has 0 radical (unpaired) electrons. The quantitative estimate of drug-likeness (QED) is 0.645. The first kappa shape index (κ1) is 18.2. The van der Waals surface area contributed by atoms with Crippen molar-refractivity contribution in [2.24, 2.45) is 7.05 Å². The molecule has 1 atom stereocenters. The lowest BCUT2D eigenvalue weighted by molar-refractivity contribution is 0.415. The number of hydrogen-bond donors (Lipinski definition) is 2. The molecular formula is C19H19ClN4OS. The number of thiocarbonyl (C=S) groups is 1. The van der Waals surface area contributed by atoms with Crippen LogP contribution in [0.15, 0.2) is 60.9 Å². The minimum atomic E-state index is -0.210. The van der Waals surface area contributed by atoms with Crippen LogP contribution in [-0.2, 0) is 7.05 Å². The fourth-order valence-electron chi connectivity index (χ4n) is 2.61. The lowest BCUT2D eigenvalue weighted by Gasteiger charge is -2.21. The van der Waals surface area contributed by atoms with Gasteiger partial charge in [-0.05, 0) is 42.0 Å². The Morgan fingerprint density at radius 2 is 2.00 bits per heavy atom. The predicted octanol–water partition coefficient (Wildman–Crippen LogP) is 4.16. The Hall–Kier alpha value is -2.57. The van der Waals surface area contributed by atoms with Gasteiger partial charge in [-0.3, -0.25) is 0 Å². The molecule has 2 N–H and O–H groups in total. The van der Waals surface area contributed by atoms with Gasteiger partial charge >= 0.3 is 0 Å². The third-order valence-corrected chi connectivity index (χ3v) is 4.39. The zero-order valence-electron chi connectivity index (χ0n) is 14.4. The molecule has 5 nitrogen and oxygen atoms in total. The van der Waals surface area contributed by atoms with Gasteiger partial charge in [0.05, 0.1) is 7.11 Å². The van der Waals surface area contributed by atoms with Crippen LogP contribution in [0.1, 0.15) is 17.4 Å². The fraction of sp³-hybridized carbons (Fsp3) is 0.158. The number of ether oxygens (including phenoxy) is 1. The van der Waals surface area contributed by atoms with Gasteiger partial charge in [-0.2, -0.15) is 0 Å². The lowest BCUT2D eigenvalue weighted by Crippen LogP contribution is -2.34. The molecule has 0 aliphatic heterocycles.